The van der Waals surface area contributed by atoms with E-state index in [0.717, 1.165) is 16.0 Å². The number of hydrogen-bond acceptors (Lipinski definition) is 5. The van der Waals surface area contributed by atoms with Crippen LogP contribution < -0.4 is 19.7 Å². The van der Waals surface area contributed by atoms with Crippen LogP contribution in [-0.2, 0) is 16.2 Å². The Morgan fingerprint density at radius 2 is 1.72 bits per heavy atom. The minimum Gasteiger partial charge on any atom is -0.490 e. The molecule has 0 aromatic heterocycles. The first kappa shape index (κ1) is 24.7. The van der Waals surface area contributed by atoms with Gasteiger partial charge in [-0.2, -0.15) is 0 Å². The van der Waals surface area contributed by atoms with E-state index >= 15 is 0 Å². The molecule has 1 N–H and O–H groups in total. The van der Waals surface area contributed by atoms with E-state index < -0.39 is 17.8 Å². The van der Waals surface area contributed by atoms with Crippen molar-refractivity contribution < 1.29 is 28.2 Å². The SMILES string of the molecule is CCOc1cc(/C=C2\C(=O)NC(=O)N(c3ccc(C)c(C)c3)C2=O)ccc1OCc1cccc(F)c1. The lowest BCUT2D eigenvalue weighted by atomic mass is 10.0. The summed E-state index contributed by atoms with van der Waals surface area (Å²) in [5.74, 6) is -1.04. The summed E-state index contributed by atoms with van der Waals surface area (Å²) in [5, 5.41) is 2.23. The molecular weight excluding hydrogens is 463 g/mol. The Morgan fingerprint density at radius 3 is 2.44 bits per heavy atom. The molecule has 4 rings (SSSR count). The normalized spacial score (nSPS) is 14.7. The molecule has 8 heteroatoms. The summed E-state index contributed by atoms with van der Waals surface area (Å²) in [5.41, 5.74) is 3.26. The Balaban J connectivity index is 1.62. The number of rotatable bonds is 7. The smallest absolute Gasteiger partial charge is 0.335 e. The van der Waals surface area contributed by atoms with Gasteiger partial charge in [-0.15, -0.1) is 0 Å². The summed E-state index contributed by atoms with van der Waals surface area (Å²) >= 11 is 0. The molecule has 0 bridgehead atoms. The summed E-state index contributed by atoms with van der Waals surface area (Å²) < 4.78 is 25.0. The maximum atomic E-state index is 13.5. The van der Waals surface area contributed by atoms with Crippen molar-refractivity contribution >= 4 is 29.6 Å². The molecule has 184 valence electrons. The zero-order valence-corrected chi connectivity index (χ0v) is 20.1. The van der Waals surface area contributed by atoms with Crippen molar-refractivity contribution in [2.75, 3.05) is 11.5 Å². The number of benzene rings is 3. The highest BCUT2D eigenvalue weighted by Crippen LogP contribution is 2.31. The summed E-state index contributed by atoms with van der Waals surface area (Å²) in [6.07, 6.45) is 1.40. The fourth-order valence-electron chi connectivity index (χ4n) is 3.71. The van der Waals surface area contributed by atoms with E-state index in [-0.39, 0.29) is 18.0 Å². The lowest BCUT2D eigenvalue weighted by Crippen LogP contribution is -2.54. The molecule has 7 nitrogen and oxygen atoms in total. The van der Waals surface area contributed by atoms with Crippen molar-refractivity contribution in [2.45, 2.75) is 27.4 Å². The molecule has 1 fully saturated rings. The summed E-state index contributed by atoms with van der Waals surface area (Å²) in [7, 11) is 0. The van der Waals surface area contributed by atoms with Crippen LogP contribution in [0.4, 0.5) is 14.9 Å². The molecule has 3 aromatic rings. The van der Waals surface area contributed by atoms with Crippen LogP contribution in [0.2, 0.25) is 0 Å². The average Bonchev–Trinajstić information content (AvgIpc) is 2.83. The highest BCUT2D eigenvalue weighted by molar-refractivity contribution is 6.39. The van der Waals surface area contributed by atoms with Crippen molar-refractivity contribution in [1.82, 2.24) is 5.32 Å². The minimum absolute atomic E-state index is 0.131. The molecule has 3 aromatic carbocycles. The molecule has 0 saturated carbocycles. The van der Waals surface area contributed by atoms with Gasteiger partial charge in [0.05, 0.1) is 12.3 Å². The van der Waals surface area contributed by atoms with Gasteiger partial charge in [-0.3, -0.25) is 14.9 Å². The summed E-state index contributed by atoms with van der Waals surface area (Å²) in [6, 6.07) is 15.4. The largest absolute Gasteiger partial charge is 0.490 e. The number of aryl methyl sites for hydroxylation is 2. The maximum Gasteiger partial charge on any atom is 0.335 e. The standard InChI is InChI=1S/C28H25FN2O5/c1-4-35-25-15-19(9-11-24(25)36-16-20-6-5-7-21(29)13-20)14-23-26(32)30-28(34)31(27(23)33)22-10-8-17(2)18(3)12-22/h5-15H,4,16H2,1-3H3,(H,30,32,34)/b23-14+. The molecular formula is C28H25FN2O5. The number of urea groups is 1. The Kier molecular flexibility index (Phi) is 7.15. The van der Waals surface area contributed by atoms with Crippen molar-refractivity contribution in [1.29, 1.82) is 0 Å². The highest BCUT2D eigenvalue weighted by Gasteiger charge is 2.37. The number of ether oxygens (including phenoxy) is 2. The molecule has 1 aliphatic rings. The van der Waals surface area contributed by atoms with Gasteiger partial charge in [-0.25, -0.2) is 14.1 Å². The van der Waals surface area contributed by atoms with Crippen LogP contribution >= 0.6 is 0 Å². The molecule has 0 radical (unpaired) electrons. The van der Waals surface area contributed by atoms with Crippen LogP contribution in [0.25, 0.3) is 6.08 Å². The van der Waals surface area contributed by atoms with E-state index in [0.29, 0.717) is 34.9 Å². The summed E-state index contributed by atoms with van der Waals surface area (Å²) in [6.45, 7) is 6.09. The average molecular weight is 489 g/mol. The van der Waals surface area contributed by atoms with E-state index in [4.69, 9.17) is 9.47 Å². The Labute approximate surface area is 208 Å². The predicted octanol–water partition coefficient (Wildman–Crippen LogP) is 5.09. The van der Waals surface area contributed by atoms with Gasteiger partial charge in [0.25, 0.3) is 11.8 Å². The van der Waals surface area contributed by atoms with Gasteiger partial charge in [-0.1, -0.05) is 24.3 Å². The zero-order valence-electron chi connectivity index (χ0n) is 20.1. The highest BCUT2D eigenvalue weighted by atomic mass is 19.1. The van der Waals surface area contributed by atoms with Crippen LogP contribution in [0.1, 0.15) is 29.2 Å². The van der Waals surface area contributed by atoms with Crippen molar-refractivity contribution in [3.05, 3.63) is 94.3 Å². The van der Waals surface area contributed by atoms with Crippen molar-refractivity contribution in [2.24, 2.45) is 0 Å². The Bertz CT molecular complexity index is 1380. The number of halogens is 1. The molecule has 0 atom stereocenters. The van der Waals surface area contributed by atoms with Crippen molar-refractivity contribution in [3.63, 3.8) is 0 Å². The lowest BCUT2D eigenvalue weighted by Gasteiger charge is -2.27. The molecule has 1 heterocycles. The van der Waals surface area contributed by atoms with Gasteiger partial charge >= 0.3 is 6.03 Å². The number of amides is 4. The first-order valence-corrected chi connectivity index (χ1v) is 11.4. The monoisotopic (exact) mass is 488 g/mol. The predicted molar refractivity (Wildman–Crippen MR) is 133 cm³/mol. The number of anilines is 1. The summed E-state index contributed by atoms with van der Waals surface area (Å²) in [4.78, 5) is 39.2. The fourth-order valence-corrected chi connectivity index (χ4v) is 3.71. The minimum atomic E-state index is -0.804. The number of nitrogens with one attached hydrogen (secondary N) is 1. The van der Waals surface area contributed by atoms with Gasteiger partial charge in [0.1, 0.15) is 18.0 Å². The second kappa shape index (κ2) is 10.4. The molecule has 0 aliphatic carbocycles. The van der Waals surface area contributed by atoms with Crippen LogP contribution in [0.5, 0.6) is 11.5 Å². The Morgan fingerprint density at radius 1 is 0.917 bits per heavy atom. The molecule has 0 unspecified atom stereocenters. The quantitative estimate of drug-likeness (QED) is 0.370. The lowest BCUT2D eigenvalue weighted by molar-refractivity contribution is -0.122. The van der Waals surface area contributed by atoms with Crippen LogP contribution in [0.15, 0.2) is 66.2 Å². The topological polar surface area (TPSA) is 84.9 Å². The van der Waals surface area contributed by atoms with Gasteiger partial charge in [0.15, 0.2) is 11.5 Å². The number of hydrogen-bond donors (Lipinski definition) is 1. The fraction of sp³-hybridized carbons (Fsp3) is 0.179. The Hall–Kier alpha value is -4.46. The zero-order chi connectivity index (χ0) is 25.8. The molecule has 1 aliphatic heterocycles. The first-order valence-electron chi connectivity index (χ1n) is 11.4. The first-order chi connectivity index (χ1) is 17.3. The molecule has 1 saturated heterocycles. The molecule has 4 amide bonds. The van der Waals surface area contributed by atoms with Gasteiger partial charge in [-0.05, 0) is 85.5 Å². The van der Waals surface area contributed by atoms with E-state index in [1.54, 1.807) is 42.5 Å². The second-order valence-corrected chi connectivity index (χ2v) is 8.28. The third kappa shape index (κ3) is 5.27. The third-order valence-electron chi connectivity index (χ3n) is 5.71. The van der Waals surface area contributed by atoms with Gasteiger partial charge in [0, 0.05) is 0 Å². The number of nitrogens with zero attached hydrogens (tertiary/aromatic N) is 1. The van der Waals surface area contributed by atoms with Crippen LogP contribution in [0.3, 0.4) is 0 Å². The van der Waals surface area contributed by atoms with Gasteiger partial charge in [0.2, 0.25) is 0 Å². The molecule has 0 spiro atoms. The van der Waals surface area contributed by atoms with Crippen LogP contribution in [0, 0.1) is 19.7 Å². The second-order valence-electron chi connectivity index (χ2n) is 8.28. The molecule has 36 heavy (non-hydrogen) atoms. The number of carbonyl (C=O) groups is 3. The van der Waals surface area contributed by atoms with Gasteiger partial charge < -0.3 is 9.47 Å². The third-order valence-corrected chi connectivity index (χ3v) is 5.71. The van der Waals surface area contributed by atoms with Crippen LogP contribution in [-0.4, -0.2) is 24.5 Å². The number of carbonyl (C=O) groups excluding carboxylic acids is 3. The maximum absolute atomic E-state index is 13.5. The van der Waals surface area contributed by atoms with E-state index in [2.05, 4.69) is 5.32 Å². The van der Waals surface area contributed by atoms with E-state index in [1.165, 1.54) is 18.2 Å². The number of barbiturate groups is 1. The number of imide groups is 2. The van der Waals surface area contributed by atoms with E-state index in [9.17, 15) is 18.8 Å². The van der Waals surface area contributed by atoms with Crippen molar-refractivity contribution in [3.8, 4) is 11.5 Å². The van der Waals surface area contributed by atoms with E-state index in [1.807, 2.05) is 26.8 Å².